The summed E-state index contributed by atoms with van der Waals surface area (Å²) in [4.78, 5) is 32.8. The number of rotatable bonds is 3. The quantitative estimate of drug-likeness (QED) is 0.844. The average Bonchev–Trinajstić information content (AvgIpc) is 3.28. The van der Waals surface area contributed by atoms with Crippen LogP contribution in [0.15, 0.2) is 18.7 Å². The van der Waals surface area contributed by atoms with E-state index in [2.05, 4.69) is 9.88 Å². The third-order valence-corrected chi connectivity index (χ3v) is 5.57. The number of carbonyl (C=O) groups is 2. The fraction of sp³-hybridized carbons (Fsp3) is 0.706. The fourth-order valence-corrected chi connectivity index (χ4v) is 4.15. The molecule has 2 aliphatic heterocycles. The zero-order valence-electron chi connectivity index (χ0n) is 13.5. The summed E-state index contributed by atoms with van der Waals surface area (Å²) in [6, 6.07) is 0.483. The Bertz CT molecular complexity index is 596. The van der Waals surface area contributed by atoms with Crippen molar-refractivity contribution in [2.75, 3.05) is 19.6 Å². The highest BCUT2D eigenvalue weighted by atomic mass is 16.2. The summed E-state index contributed by atoms with van der Waals surface area (Å²) < 4.78 is 1.82. The van der Waals surface area contributed by atoms with Crippen molar-refractivity contribution < 1.29 is 9.59 Å². The summed E-state index contributed by atoms with van der Waals surface area (Å²) in [5, 5.41) is 0. The molecular weight excluding hydrogens is 292 g/mol. The average molecular weight is 316 g/mol. The molecule has 1 saturated carbocycles. The van der Waals surface area contributed by atoms with E-state index in [4.69, 9.17) is 0 Å². The lowest BCUT2D eigenvalue weighted by atomic mass is 9.73. The fourth-order valence-electron chi connectivity index (χ4n) is 4.15. The molecule has 6 heteroatoms. The van der Waals surface area contributed by atoms with Crippen molar-refractivity contribution in [1.29, 1.82) is 0 Å². The van der Waals surface area contributed by atoms with Crippen LogP contribution in [0.5, 0.6) is 0 Å². The minimum Gasteiger partial charge on any atom is -0.341 e. The van der Waals surface area contributed by atoms with Crippen LogP contribution in [-0.4, -0.2) is 56.8 Å². The molecule has 1 spiro atoms. The number of likely N-dealkylation sites (tertiary alicyclic amines) is 2. The topological polar surface area (TPSA) is 58.4 Å². The molecule has 124 valence electrons. The number of imidazole rings is 1. The van der Waals surface area contributed by atoms with Gasteiger partial charge in [-0.1, -0.05) is 0 Å². The molecule has 1 unspecified atom stereocenters. The van der Waals surface area contributed by atoms with Crippen molar-refractivity contribution in [2.45, 2.75) is 51.1 Å². The number of nitrogens with zero attached hydrogens (tertiary/aromatic N) is 4. The van der Waals surface area contributed by atoms with Gasteiger partial charge in [0.05, 0.1) is 6.33 Å². The maximum absolute atomic E-state index is 12.6. The van der Waals surface area contributed by atoms with Crippen molar-refractivity contribution in [3.05, 3.63) is 18.7 Å². The zero-order chi connectivity index (χ0) is 15.9. The van der Waals surface area contributed by atoms with Crippen LogP contribution in [0.1, 0.15) is 38.5 Å². The van der Waals surface area contributed by atoms with Crippen molar-refractivity contribution >= 4 is 11.8 Å². The van der Waals surface area contributed by atoms with E-state index in [-0.39, 0.29) is 11.3 Å². The van der Waals surface area contributed by atoms with Crippen LogP contribution in [0, 0.1) is 5.41 Å². The lowest BCUT2D eigenvalue weighted by Gasteiger charge is -2.48. The molecule has 6 nitrogen and oxygen atoms in total. The molecule has 0 aromatic carbocycles. The first-order valence-corrected chi connectivity index (χ1v) is 8.68. The Labute approximate surface area is 136 Å². The SMILES string of the molecule is O=C(Cn1ccnc1)N1CCCC2(CCC(=O)N(C3CC3)C2)C1. The number of hydrogen-bond donors (Lipinski definition) is 0. The molecule has 2 amide bonds. The van der Waals surface area contributed by atoms with Crippen molar-refractivity contribution in [1.82, 2.24) is 19.4 Å². The molecule has 23 heavy (non-hydrogen) atoms. The van der Waals surface area contributed by atoms with Crippen molar-refractivity contribution in [2.24, 2.45) is 5.41 Å². The Kier molecular flexibility index (Phi) is 3.62. The number of aromatic nitrogens is 2. The van der Waals surface area contributed by atoms with Gasteiger partial charge < -0.3 is 14.4 Å². The largest absolute Gasteiger partial charge is 0.341 e. The Morgan fingerprint density at radius 3 is 2.91 bits per heavy atom. The first kappa shape index (κ1) is 14.7. The van der Waals surface area contributed by atoms with E-state index in [9.17, 15) is 9.59 Å². The van der Waals surface area contributed by atoms with Crippen LogP contribution in [0.3, 0.4) is 0 Å². The second-order valence-corrected chi connectivity index (χ2v) is 7.41. The molecule has 2 saturated heterocycles. The van der Waals surface area contributed by atoms with Gasteiger partial charge >= 0.3 is 0 Å². The van der Waals surface area contributed by atoms with E-state index in [1.54, 1.807) is 12.5 Å². The predicted molar refractivity (Wildman–Crippen MR) is 84.4 cm³/mol. The van der Waals surface area contributed by atoms with Gasteiger partial charge in [-0.15, -0.1) is 0 Å². The molecule has 4 rings (SSSR count). The summed E-state index contributed by atoms with van der Waals surface area (Å²) in [6.07, 6.45) is 11.3. The first-order valence-electron chi connectivity index (χ1n) is 8.68. The van der Waals surface area contributed by atoms with E-state index in [1.165, 1.54) is 0 Å². The Hall–Kier alpha value is -1.85. The Morgan fingerprint density at radius 1 is 1.30 bits per heavy atom. The van der Waals surface area contributed by atoms with Crippen LogP contribution in [0.25, 0.3) is 0 Å². The highest BCUT2D eigenvalue weighted by Gasteiger charge is 2.46. The first-order chi connectivity index (χ1) is 11.2. The monoisotopic (exact) mass is 316 g/mol. The third kappa shape index (κ3) is 2.99. The molecule has 3 fully saturated rings. The molecule has 1 atom stereocenters. The number of hydrogen-bond acceptors (Lipinski definition) is 3. The maximum Gasteiger partial charge on any atom is 0.242 e. The summed E-state index contributed by atoms with van der Waals surface area (Å²) in [5.74, 6) is 0.483. The van der Waals surface area contributed by atoms with Gasteiger partial charge in [0.25, 0.3) is 0 Å². The van der Waals surface area contributed by atoms with Crippen LogP contribution < -0.4 is 0 Å². The van der Waals surface area contributed by atoms with Crippen LogP contribution in [0.2, 0.25) is 0 Å². The van der Waals surface area contributed by atoms with Gasteiger partial charge in [0.15, 0.2) is 0 Å². The minimum absolute atomic E-state index is 0.124. The number of carbonyl (C=O) groups excluding carboxylic acids is 2. The molecule has 0 bridgehead atoms. The van der Waals surface area contributed by atoms with E-state index >= 15 is 0 Å². The predicted octanol–water partition coefficient (Wildman–Crippen LogP) is 1.28. The van der Waals surface area contributed by atoms with Crippen LogP contribution >= 0.6 is 0 Å². The summed E-state index contributed by atoms with van der Waals surface area (Å²) in [7, 11) is 0. The maximum atomic E-state index is 12.6. The third-order valence-electron chi connectivity index (χ3n) is 5.57. The Balaban J connectivity index is 1.43. The van der Waals surface area contributed by atoms with E-state index in [1.807, 2.05) is 15.7 Å². The van der Waals surface area contributed by atoms with E-state index < -0.39 is 0 Å². The van der Waals surface area contributed by atoms with Gasteiger partial charge in [-0.2, -0.15) is 0 Å². The molecule has 0 radical (unpaired) electrons. The minimum atomic E-state index is 0.124. The molecule has 3 heterocycles. The van der Waals surface area contributed by atoms with Gasteiger partial charge in [-0.25, -0.2) is 4.98 Å². The van der Waals surface area contributed by atoms with Crippen molar-refractivity contribution in [3.8, 4) is 0 Å². The van der Waals surface area contributed by atoms with Gasteiger partial charge in [-0.3, -0.25) is 9.59 Å². The lowest BCUT2D eigenvalue weighted by molar-refractivity contribution is -0.143. The summed E-state index contributed by atoms with van der Waals surface area (Å²) in [5.41, 5.74) is 0.124. The summed E-state index contributed by atoms with van der Waals surface area (Å²) in [6.45, 7) is 2.86. The van der Waals surface area contributed by atoms with Gasteiger partial charge in [0.1, 0.15) is 6.54 Å². The zero-order valence-corrected chi connectivity index (χ0v) is 13.5. The highest BCUT2D eigenvalue weighted by molar-refractivity contribution is 5.78. The second-order valence-electron chi connectivity index (χ2n) is 7.41. The molecule has 1 aliphatic carbocycles. The van der Waals surface area contributed by atoms with Gasteiger partial charge in [-0.05, 0) is 32.1 Å². The lowest BCUT2D eigenvalue weighted by Crippen LogP contribution is -2.55. The second kappa shape index (κ2) is 5.65. The number of piperidine rings is 2. The van der Waals surface area contributed by atoms with E-state index in [0.717, 1.165) is 51.7 Å². The van der Waals surface area contributed by atoms with Crippen molar-refractivity contribution in [3.63, 3.8) is 0 Å². The normalized spacial score (nSPS) is 28.4. The molecular formula is C17H24N4O2. The van der Waals surface area contributed by atoms with Gasteiger partial charge in [0, 0.05) is 49.9 Å². The van der Waals surface area contributed by atoms with Crippen LogP contribution in [-0.2, 0) is 16.1 Å². The standard InChI is InChI=1S/C17H24N4O2/c22-15-4-6-17(12-21(15)14-2-3-14)5-1-8-20(11-17)16(23)10-19-9-7-18-13-19/h7,9,13-14H,1-6,8,10-12H2. The molecule has 1 aromatic heterocycles. The smallest absolute Gasteiger partial charge is 0.242 e. The highest BCUT2D eigenvalue weighted by Crippen LogP contribution is 2.42. The molecule has 1 aromatic rings. The summed E-state index contributed by atoms with van der Waals surface area (Å²) >= 11 is 0. The molecule has 0 N–H and O–H groups in total. The molecule has 3 aliphatic rings. The van der Waals surface area contributed by atoms with Gasteiger partial charge in [0.2, 0.25) is 11.8 Å². The number of amides is 2. The van der Waals surface area contributed by atoms with Crippen LogP contribution in [0.4, 0.5) is 0 Å². The van der Waals surface area contributed by atoms with E-state index in [0.29, 0.717) is 24.9 Å². The Morgan fingerprint density at radius 2 is 2.17 bits per heavy atom.